The molecule has 2 aromatic carbocycles. The number of carbonyl (C=O) groups is 1. The lowest BCUT2D eigenvalue weighted by Gasteiger charge is -2.39. The van der Waals surface area contributed by atoms with Gasteiger partial charge in [-0.15, -0.1) is 0 Å². The number of halogens is 1. The van der Waals surface area contributed by atoms with E-state index >= 15 is 0 Å². The number of hydrogen-bond donors (Lipinski definition) is 1. The van der Waals surface area contributed by atoms with Gasteiger partial charge in [-0.3, -0.25) is 9.88 Å². The van der Waals surface area contributed by atoms with Crippen LogP contribution in [0.25, 0.3) is 11.6 Å². The monoisotopic (exact) mass is 579 g/mol. The molecule has 2 aromatic heterocycles. The number of piperazine rings is 1. The molecule has 9 heteroatoms. The first-order chi connectivity index (χ1) is 20.5. The van der Waals surface area contributed by atoms with E-state index in [1.54, 1.807) is 24.3 Å². The maximum atomic E-state index is 13.0. The summed E-state index contributed by atoms with van der Waals surface area (Å²) in [5.74, 6) is 0.951. The minimum Gasteiger partial charge on any atom is -0.331 e. The van der Waals surface area contributed by atoms with E-state index in [4.69, 9.17) is 21.8 Å². The van der Waals surface area contributed by atoms with Gasteiger partial charge in [-0.05, 0) is 77.7 Å². The standard InChI is InChI=1S/C31H28ClN7O.C2H6/c1-21-34-11-12-39(21)20-24-17-23-3-2-10-35-29(23)30(27-9-6-25(32)18-28(24)27)37-13-15-38(16-14-37)31(40)36-26-7-4-22(19-33)5-8-26;1-2/h2-12,17-18,30H,13-16,20H2,1H3,(H,36,40);1-2H3. The smallest absolute Gasteiger partial charge is 0.321 e. The number of allylic oxidation sites excluding steroid dienone is 1. The molecule has 1 N–H and O–H groups in total. The maximum Gasteiger partial charge on any atom is 0.321 e. The summed E-state index contributed by atoms with van der Waals surface area (Å²) in [6.45, 7) is 9.23. The Morgan fingerprint density at radius 3 is 2.50 bits per heavy atom. The number of aromatic nitrogens is 3. The Morgan fingerprint density at radius 2 is 1.81 bits per heavy atom. The second-order valence-corrected chi connectivity index (χ2v) is 10.5. The highest BCUT2D eigenvalue weighted by Crippen LogP contribution is 2.41. The summed E-state index contributed by atoms with van der Waals surface area (Å²) < 4.78 is 2.14. The highest BCUT2D eigenvalue weighted by Gasteiger charge is 2.33. The van der Waals surface area contributed by atoms with Crippen LogP contribution in [0.1, 0.15) is 53.7 Å². The Bertz CT molecular complexity index is 1630. The fraction of sp³-hybridized carbons (Fsp3) is 0.273. The summed E-state index contributed by atoms with van der Waals surface area (Å²) >= 11 is 6.55. The normalized spacial score (nSPS) is 16.1. The molecule has 2 aliphatic rings. The molecule has 1 saturated heterocycles. The average molecular weight is 580 g/mol. The second kappa shape index (κ2) is 13.0. The number of nitriles is 1. The van der Waals surface area contributed by atoms with Gasteiger partial charge in [0.05, 0.1) is 23.4 Å². The molecule has 3 heterocycles. The number of aryl methyl sites for hydroxylation is 1. The van der Waals surface area contributed by atoms with Gasteiger partial charge < -0.3 is 14.8 Å². The van der Waals surface area contributed by atoms with Crippen LogP contribution >= 0.6 is 11.6 Å². The first-order valence-corrected chi connectivity index (χ1v) is 14.6. The van der Waals surface area contributed by atoms with E-state index in [-0.39, 0.29) is 12.1 Å². The van der Waals surface area contributed by atoms with Crippen molar-refractivity contribution in [2.24, 2.45) is 0 Å². The summed E-state index contributed by atoms with van der Waals surface area (Å²) in [6.07, 6.45) is 7.88. The topological polar surface area (TPSA) is 90.1 Å². The van der Waals surface area contributed by atoms with Gasteiger partial charge in [-0.1, -0.05) is 37.6 Å². The Balaban J connectivity index is 0.00000173. The number of pyridine rings is 1. The van der Waals surface area contributed by atoms with Crippen molar-refractivity contribution in [1.29, 1.82) is 5.26 Å². The van der Waals surface area contributed by atoms with Crippen molar-refractivity contribution in [3.05, 3.63) is 112 Å². The summed E-state index contributed by atoms with van der Waals surface area (Å²) in [4.78, 5) is 26.5. The molecule has 42 heavy (non-hydrogen) atoms. The van der Waals surface area contributed by atoms with Crippen LogP contribution in [0.15, 0.2) is 73.2 Å². The average Bonchev–Trinajstić information content (AvgIpc) is 3.37. The molecule has 0 radical (unpaired) electrons. The molecule has 8 nitrogen and oxygen atoms in total. The largest absolute Gasteiger partial charge is 0.331 e. The zero-order chi connectivity index (χ0) is 29.6. The molecule has 1 atom stereocenters. The van der Waals surface area contributed by atoms with Crippen LogP contribution < -0.4 is 5.32 Å². The van der Waals surface area contributed by atoms with Crippen molar-refractivity contribution >= 4 is 35.0 Å². The molecule has 1 fully saturated rings. The van der Waals surface area contributed by atoms with Crippen molar-refractivity contribution in [3.8, 4) is 6.07 Å². The summed E-state index contributed by atoms with van der Waals surface area (Å²) in [5, 5.41) is 12.7. The number of amides is 2. The van der Waals surface area contributed by atoms with E-state index in [2.05, 4.69) is 50.1 Å². The molecule has 1 aliphatic carbocycles. The van der Waals surface area contributed by atoms with E-state index in [0.29, 0.717) is 49.0 Å². The number of fused-ring (bicyclic) bond motifs is 2. The fourth-order valence-corrected chi connectivity index (χ4v) is 5.68. The number of urea groups is 1. The molecule has 214 valence electrons. The van der Waals surface area contributed by atoms with Gasteiger partial charge in [0.1, 0.15) is 5.82 Å². The first kappa shape index (κ1) is 29.1. The number of carbonyl (C=O) groups excluding carboxylic acids is 1. The number of benzene rings is 2. The van der Waals surface area contributed by atoms with Crippen LogP contribution in [0.3, 0.4) is 0 Å². The van der Waals surface area contributed by atoms with Crippen LogP contribution in [0.2, 0.25) is 5.02 Å². The van der Waals surface area contributed by atoms with Crippen LogP contribution in [0, 0.1) is 18.3 Å². The van der Waals surface area contributed by atoms with Crippen LogP contribution in [0.4, 0.5) is 10.5 Å². The van der Waals surface area contributed by atoms with Crippen molar-refractivity contribution in [3.63, 3.8) is 0 Å². The number of imidazole rings is 1. The predicted octanol–water partition coefficient (Wildman–Crippen LogP) is 6.63. The highest BCUT2D eigenvalue weighted by molar-refractivity contribution is 6.30. The molecule has 0 spiro atoms. The van der Waals surface area contributed by atoms with Crippen LogP contribution in [0.5, 0.6) is 0 Å². The van der Waals surface area contributed by atoms with E-state index < -0.39 is 0 Å². The summed E-state index contributed by atoms with van der Waals surface area (Å²) in [5.41, 5.74) is 6.71. The second-order valence-electron chi connectivity index (χ2n) is 10.0. The fourth-order valence-electron chi connectivity index (χ4n) is 5.51. The predicted molar refractivity (Wildman–Crippen MR) is 167 cm³/mol. The van der Waals surface area contributed by atoms with Crippen LogP contribution in [-0.4, -0.2) is 56.5 Å². The molecular weight excluding hydrogens is 546 g/mol. The lowest BCUT2D eigenvalue weighted by molar-refractivity contribution is 0.125. The molecule has 0 bridgehead atoms. The number of hydrogen-bond acceptors (Lipinski definition) is 5. The van der Waals surface area contributed by atoms with E-state index in [0.717, 1.165) is 33.8 Å². The summed E-state index contributed by atoms with van der Waals surface area (Å²) in [7, 11) is 0. The molecular formula is C33H34ClN7O. The SMILES string of the molecule is CC.Cc1nccn1CC1=Cc2cccnc2C(N2CCN(C(=O)Nc3ccc(C#N)cc3)CC2)c2ccc(Cl)cc21. The Hall–Kier alpha value is -4.45. The van der Waals surface area contributed by atoms with Gasteiger partial charge in [-0.25, -0.2) is 9.78 Å². The van der Waals surface area contributed by atoms with Crippen LogP contribution in [-0.2, 0) is 6.54 Å². The first-order valence-electron chi connectivity index (χ1n) is 14.2. The number of anilines is 1. The van der Waals surface area contributed by atoms with E-state index in [1.807, 2.05) is 56.4 Å². The molecule has 6 rings (SSSR count). The third kappa shape index (κ3) is 6.08. The number of nitrogens with one attached hydrogen (secondary N) is 1. The molecule has 1 unspecified atom stereocenters. The van der Waals surface area contributed by atoms with Gasteiger partial charge in [0.25, 0.3) is 0 Å². The quantitative estimate of drug-likeness (QED) is 0.293. The third-order valence-corrected chi connectivity index (χ3v) is 7.85. The molecule has 1 aliphatic heterocycles. The molecule has 2 amide bonds. The van der Waals surface area contributed by atoms with Gasteiger partial charge >= 0.3 is 6.03 Å². The summed E-state index contributed by atoms with van der Waals surface area (Å²) in [6, 6.07) is 19.0. The lowest BCUT2D eigenvalue weighted by Crippen LogP contribution is -2.51. The lowest BCUT2D eigenvalue weighted by atomic mass is 9.93. The van der Waals surface area contributed by atoms with Gasteiger partial charge in [0.15, 0.2) is 0 Å². The molecule has 0 saturated carbocycles. The minimum absolute atomic E-state index is 0.0789. The van der Waals surface area contributed by atoms with Gasteiger partial charge in [0, 0.05) is 62.0 Å². The third-order valence-electron chi connectivity index (χ3n) is 7.61. The van der Waals surface area contributed by atoms with E-state index in [1.165, 1.54) is 0 Å². The maximum absolute atomic E-state index is 13.0. The Labute approximate surface area is 251 Å². The zero-order valence-electron chi connectivity index (χ0n) is 24.1. The number of rotatable bonds is 4. The number of nitrogens with zero attached hydrogens (tertiary/aromatic N) is 6. The Kier molecular flexibility index (Phi) is 9.01. The zero-order valence-corrected chi connectivity index (χ0v) is 24.8. The van der Waals surface area contributed by atoms with Crippen molar-refractivity contribution < 1.29 is 4.79 Å². The van der Waals surface area contributed by atoms with Crippen molar-refractivity contribution in [2.75, 3.05) is 31.5 Å². The van der Waals surface area contributed by atoms with E-state index in [9.17, 15) is 4.79 Å². The Morgan fingerprint density at radius 1 is 1.05 bits per heavy atom. The highest BCUT2D eigenvalue weighted by atomic mass is 35.5. The minimum atomic E-state index is -0.143. The van der Waals surface area contributed by atoms with Gasteiger partial charge in [0.2, 0.25) is 0 Å². The van der Waals surface area contributed by atoms with Gasteiger partial charge in [-0.2, -0.15) is 5.26 Å². The molecule has 4 aromatic rings. The van der Waals surface area contributed by atoms with Crippen molar-refractivity contribution in [2.45, 2.75) is 33.4 Å². The van der Waals surface area contributed by atoms with Crippen molar-refractivity contribution in [1.82, 2.24) is 24.3 Å².